The Morgan fingerprint density at radius 3 is 2.71 bits per heavy atom. The van der Waals surface area contributed by atoms with E-state index in [1.165, 1.54) is 6.07 Å². The third-order valence-electron chi connectivity index (χ3n) is 3.05. The number of hydrogen-bond donors (Lipinski definition) is 1. The first-order valence-electron chi connectivity index (χ1n) is 5.10. The summed E-state index contributed by atoms with van der Waals surface area (Å²) in [5.41, 5.74) is 0.624. The molecule has 0 heterocycles. The van der Waals surface area contributed by atoms with Gasteiger partial charge in [0.15, 0.2) is 0 Å². The van der Waals surface area contributed by atoms with Crippen LogP contribution >= 0.6 is 0 Å². The lowest BCUT2D eigenvalue weighted by atomic mass is 10.0. The van der Waals surface area contributed by atoms with Gasteiger partial charge in [-0.3, -0.25) is 0 Å². The van der Waals surface area contributed by atoms with Crippen LogP contribution in [0.25, 0.3) is 0 Å². The summed E-state index contributed by atoms with van der Waals surface area (Å²) < 4.78 is 13.2. The highest BCUT2D eigenvalue weighted by Crippen LogP contribution is 2.41. The Kier molecular flexibility index (Phi) is 2.55. The van der Waals surface area contributed by atoms with Crippen molar-refractivity contribution in [1.29, 1.82) is 0 Å². The number of halogens is 1. The molecule has 0 bridgehead atoms. The quantitative estimate of drug-likeness (QED) is 0.783. The molecule has 1 saturated carbocycles. The van der Waals surface area contributed by atoms with Gasteiger partial charge in [0.05, 0.1) is 6.10 Å². The summed E-state index contributed by atoms with van der Waals surface area (Å²) in [4.78, 5) is 0. The van der Waals surface area contributed by atoms with Crippen molar-refractivity contribution in [2.75, 3.05) is 0 Å². The molecule has 1 aliphatic carbocycles. The van der Waals surface area contributed by atoms with Crippen LogP contribution < -0.4 is 0 Å². The smallest absolute Gasteiger partial charge is 0.126 e. The van der Waals surface area contributed by atoms with Gasteiger partial charge in [0.2, 0.25) is 0 Å². The number of benzene rings is 1. The monoisotopic (exact) mass is 194 g/mol. The predicted molar refractivity (Wildman–Crippen MR) is 53.4 cm³/mol. The molecule has 0 spiro atoms. The van der Waals surface area contributed by atoms with E-state index in [-0.39, 0.29) is 11.9 Å². The van der Waals surface area contributed by atoms with Crippen molar-refractivity contribution in [2.45, 2.75) is 25.9 Å². The average molecular weight is 194 g/mol. The molecule has 2 rings (SSSR count). The molecule has 0 amide bonds. The Bertz CT molecular complexity index is 324. The van der Waals surface area contributed by atoms with Crippen molar-refractivity contribution in [3.8, 4) is 0 Å². The molecule has 3 unspecified atom stereocenters. The predicted octanol–water partition coefficient (Wildman–Crippen LogP) is 2.39. The summed E-state index contributed by atoms with van der Waals surface area (Å²) in [5.74, 6) is 0.784. The van der Waals surface area contributed by atoms with Gasteiger partial charge in [0, 0.05) is 6.42 Å². The second-order valence-corrected chi connectivity index (χ2v) is 4.24. The molecule has 1 fully saturated rings. The highest BCUT2D eigenvalue weighted by atomic mass is 19.1. The Morgan fingerprint density at radius 1 is 1.50 bits per heavy atom. The van der Waals surface area contributed by atoms with Crippen LogP contribution in [-0.2, 0) is 6.42 Å². The zero-order valence-corrected chi connectivity index (χ0v) is 8.28. The summed E-state index contributed by atoms with van der Waals surface area (Å²) in [7, 11) is 0. The van der Waals surface area contributed by atoms with E-state index in [0.717, 1.165) is 6.42 Å². The fraction of sp³-hybridized carbons (Fsp3) is 0.500. The zero-order valence-electron chi connectivity index (χ0n) is 8.28. The third kappa shape index (κ3) is 1.95. The molecule has 1 N–H and O–H groups in total. The molecule has 1 aromatic carbocycles. The van der Waals surface area contributed by atoms with Crippen molar-refractivity contribution in [3.05, 3.63) is 35.6 Å². The van der Waals surface area contributed by atoms with Crippen molar-refractivity contribution < 1.29 is 9.50 Å². The molecule has 76 valence electrons. The van der Waals surface area contributed by atoms with E-state index >= 15 is 0 Å². The molecule has 14 heavy (non-hydrogen) atoms. The van der Waals surface area contributed by atoms with Crippen LogP contribution in [0.1, 0.15) is 18.9 Å². The fourth-order valence-corrected chi connectivity index (χ4v) is 1.93. The minimum atomic E-state index is -0.373. The molecule has 0 aromatic heterocycles. The van der Waals surface area contributed by atoms with Gasteiger partial charge in [-0.2, -0.15) is 0 Å². The van der Waals surface area contributed by atoms with E-state index < -0.39 is 0 Å². The first-order valence-corrected chi connectivity index (χ1v) is 5.10. The second-order valence-electron chi connectivity index (χ2n) is 4.24. The number of rotatable bonds is 3. The lowest BCUT2D eigenvalue weighted by molar-refractivity contribution is 0.145. The van der Waals surface area contributed by atoms with Crippen LogP contribution in [0.2, 0.25) is 0 Å². The van der Waals surface area contributed by atoms with Crippen LogP contribution in [0.15, 0.2) is 24.3 Å². The molecule has 0 saturated heterocycles. The average Bonchev–Trinajstić information content (AvgIpc) is 2.87. The van der Waals surface area contributed by atoms with Gasteiger partial charge >= 0.3 is 0 Å². The lowest BCUT2D eigenvalue weighted by Crippen LogP contribution is -2.14. The maximum absolute atomic E-state index is 13.2. The van der Waals surface area contributed by atoms with E-state index in [2.05, 4.69) is 6.92 Å². The summed E-state index contributed by atoms with van der Waals surface area (Å²) in [5, 5.41) is 9.77. The molecule has 1 aliphatic rings. The summed E-state index contributed by atoms with van der Waals surface area (Å²) in [6, 6.07) is 6.66. The molecule has 3 atom stereocenters. The van der Waals surface area contributed by atoms with Crippen molar-refractivity contribution in [2.24, 2.45) is 11.8 Å². The topological polar surface area (TPSA) is 20.2 Å². The van der Waals surface area contributed by atoms with Crippen LogP contribution in [-0.4, -0.2) is 11.2 Å². The molecule has 2 heteroatoms. The van der Waals surface area contributed by atoms with Crippen LogP contribution in [0, 0.1) is 17.7 Å². The van der Waals surface area contributed by atoms with Gasteiger partial charge in [-0.25, -0.2) is 4.39 Å². The van der Waals surface area contributed by atoms with Gasteiger partial charge in [-0.1, -0.05) is 25.1 Å². The molecular formula is C12H15FO. The van der Waals surface area contributed by atoms with Gasteiger partial charge in [0.25, 0.3) is 0 Å². The second kappa shape index (κ2) is 3.70. The zero-order chi connectivity index (χ0) is 10.1. The highest BCUT2D eigenvalue weighted by Gasteiger charge is 2.38. The highest BCUT2D eigenvalue weighted by molar-refractivity contribution is 5.18. The maximum atomic E-state index is 13.2. The largest absolute Gasteiger partial charge is 0.392 e. The molecule has 1 aromatic rings. The van der Waals surface area contributed by atoms with Crippen molar-refractivity contribution >= 4 is 0 Å². The standard InChI is InChI=1S/C12H15FO/c1-8-6-10(8)12(14)7-9-4-2-3-5-11(9)13/h2-5,8,10,12,14H,6-7H2,1H3. The Morgan fingerprint density at radius 2 is 2.14 bits per heavy atom. The maximum Gasteiger partial charge on any atom is 0.126 e. The molecular weight excluding hydrogens is 179 g/mol. The minimum absolute atomic E-state index is 0.208. The van der Waals surface area contributed by atoms with Gasteiger partial charge in [0.1, 0.15) is 5.82 Å². The molecule has 0 radical (unpaired) electrons. The summed E-state index contributed by atoms with van der Waals surface area (Å²) >= 11 is 0. The van der Waals surface area contributed by atoms with Crippen LogP contribution in [0.3, 0.4) is 0 Å². The molecule has 0 aliphatic heterocycles. The van der Waals surface area contributed by atoms with Gasteiger partial charge in [-0.05, 0) is 29.9 Å². The van der Waals surface area contributed by atoms with Gasteiger partial charge in [-0.15, -0.1) is 0 Å². The van der Waals surface area contributed by atoms with E-state index in [1.54, 1.807) is 12.1 Å². The fourth-order valence-electron chi connectivity index (χ4n) is 1.93. The Labute approximate surface area is 83.6 Å². The Balaban J connectivity index is 2.00. The number of aliphatic hydroxyl groups excluding tert-OH is 1. The van der Waals surface area contributed by atoms with Crippen LogP contribution in [0.5, 0.6) is 0 Å². The van der Waals surface area contributed by atoms with Crippen molar-refractivity contribution in [3.63, 3.8) is 0 Å². The SMILES string of the molecule is CC1CC1C(O)Cc1ccccc1F. The van der Waals surface area contributed by atoms with E-state index in [0.29, 0.717) is 23.8 Å². The first kappa shape index (κ1) is 9.66. The van der Waals surface area contributed by atoms with Crippen LogP contribution in [0.4, 0.5) is 4.39 Å². The van der Waals surface area contributed by atoms with Crippen molar-refractivity contribution in [1.82, 2.24) is 0 Å². The number of hydrogen-bond acceptors (Lipinski definition) is 1. The summed E-state index contributed by atoms with van der Waals surface area (Å²) in [6.07, 6.45) is 1.15. The van der Waals surface area contributed by atoms with E-state index in [9.17, 15) is 9.50 Å². The molecule has 1 nitrogen and oxygen atoms in total. The van der Waals surface area contributed by atoms with Gasteiger partial charge < -0.3 is 5.11 Å². The Hall–Kier alpha value is -0.890. The summed E-state index contributed by atoms with van der Waals surface area (Å²) in [6.45, 7) is 2.12. The van der Waals surface area contributed by atoms with E-state index in [1.807, 2.05) is 6.07 Å². The van der Waals surface area contributed by atoms with E-state index in [4.69, 9.17) is 0 Å². The number of aliphatic hydroxyl groups is 1. The third-order valence-corrected chi connectivity index (χ3v) is 3.05. The normalized spacial score (nSPS) is 27.4. The lowest BCUT2D eigenvalue weighted by Gasteiger charge is -2.10. The minimum Gasteiger partial charge on any atom is -0.392 e. The first-order chi connectivity index (χ1) is 6.68.